The lowest BCUT2D eigenvalue weighted by Crippen LogP contribution is -2.34. The van der Waals surface area contributed by atoms with E-state index in [2.05, 4.69) is 15.6 Å². The van der Waals surface area contributed by atoms with Crippen LogP contribution in [0.25, 0.3) is 22.6 Å². The van der Waals surface area contributed by atoms with E-state index >= 15 is 0 Å². The molecule has 1 aromatic heterocycles. The van der Waals surface area contributed by atoms with Gasteiger partial charge in [-0.3, -0.25) is 10.1 Å². The summed E-state index contributed by atoms with van der Waals surface area (Å²) in [5, 5.41) is 5.97. The van der Waals surface area contributed by atoms with Gasteiger partial charge < -0.3 is 9.73 Å². The van der Waals surface area contributed by atoms with E-state index in [0.717, 1.165) is 33.5 Å². The number of aryl methyl sites for hydroxylation is 2. The molecule has 29 heavy (non-hydrogen) atoms. The molecule has 0 radical (unpaired) electrons. The SMILES string of the molecule is Cc1ccc(C(=O)NC(=S)Nc2ccc(-c3nc4ccccc4o3)cc2)cc1C. The third-order valence-electron chi connectivity index (χ3n) is 4.68. The Bertz CT molecular complexity index is 1180. The number of rotatable bonds is 3. The van der Waals surface area contributed by atoms with Gasteiger partial charge in [0.05, 0.1) is 0 Å². The van der Waals surface area contributed by atoms with Crippen molar-refractivity contribution in [2.75, 3.05) is 5.32 Å². The van der Waals surface area contributed by atoms with Crippen molar-refractivity contribution in [3.8, 4) is 11.5 Å². The van der Waals surface area contributed by atoms with Crippen molar-refractivity contribution in [1.82, 2.24) is 10.3 Å². The number of aromatic nitrogens is 1. The minimum Gasteiger partial charge on any atom is -0.436 e. The zero-order valence-corrected chi connectivity index (χ0v) is 16.8. The van der Waals surface area contributed by atoms with Gasteiger partial charge in [-0.1, -0.05) is 18.2 Å². The van der Waals surface area contributed by atoms with E-state index in [1.165, 1.54) is 0 Å². The molecular weight excluding hydrogens is 382 g/mol. The topological polar surface area (TPSA) is 67.2 Å². The Morgan fingerprint density at radius 2 is 1.72 bits per heavy atom. The van der Waals surface area contributed by atoms with Gasteiger partial charge in [-0.05, 0) is 85.7 Å². The molecule has 4 aromatic rings. The molecule has 3 aromatic carbocycles. The highest BCUT2D eigenvalue weighted by atomic mass is 32.1. The van der Waals surface area contributed by atoms with Crippen LogP contribution in [0.3, 0.4) is 0 Å². The van der Waals surface area contributed by atoms with Gasteiger partial charge in [-0.15, -0.1) is 0 Å². The molecule has 0 spiro atoms. The van der Waals surface area contributed by atoms with Crippen LogP contribution in [0.2, 0.25) is 0 Å². The summed E-state index contributed by atoms with van der Waals surface area (Å²) in [4.78, 5) is 16.9. The second kappa shape index (κ2) is 7.85. The Morgan fingerprint density at radius 1 is 0.966 bits per heavy atom. The average molecular weight is 401 g/mol. The van der Waals surface area contributed by atoms with Gasteiger partial charge in [0.25, 0.3) is 5.91 Å². The van der Waals surface area contributed by atoms with Crippen LogP contribution in [0.15, 0.2) is 71.1 Å². The van der Waals surface area contributed by atoms with Crippen molar-refractivity contribution in [2.24, 2.45) is 0 Å². The van der Waals surface area contributed by atoms with E-state index in [0.29, 0.717) is 11.5 Å². The van der Waals surface area contributed by atoms with E-state index in [-0.39, 0.29) is 11.0 Å². The molecular formula is C23H19N3O2S. The molecule has 5 nitrogen and oxygen atoms in total. The number of oxazole rings is 1. The molecule has 4 rings (SSSR count). The predicted molar refractivity (Wildman–Crippen MR) is 119 cm³/mol. The second-order valence-electron chi connectivity index (χ2n) is 6.77. The summed E-state index contributed by atoms with van der Waals surface area (Å²) in [6.07, 6.45) is 0. The highest BCUT2D eigenvalue weighted by Gasteiger charge is 2.10. The van der Waals surface area contributed by atoms with Crippen LogP contribution in [0.4, 0.5) is 5.69 Å². The van der Waals surface area contributed by atoms with Gasteiger partial charge >= 0.3 is 0 Å². The Morgan fingerprint density at radius 3 is 2.45 bits per heavy atom. The summed E-state index contributed by atoms with van der Waals surface area (Å²) >= 11 is 5.27. The lowest BCUT2D eigenvalue weighted by molar-refractivity contribution is 0.0977. The normalized spacial score (nSPS) is 10.7. The molecule has 0 saturated carbocycles. The first-order chi connectivity index (χ1) is 14.0. The second-order valence-corrected chi connectivity index (χ2v) is 7.18. The van der Waals surface area contributed by atoms with Crippen LogP contribution in [0.1, 0.15) is 21.5 Å². The van der Waals surface area contributed by atoms with E-state index in [1.807, 2.05) is 74.5 Å². The number of nitrogens with one attached hydrogen (secondary N) is 2. The monoisotopic (exact) mass is 401 g/mol. The molecule has 0 atom stereocenters. The molecule has 0 aliphatic heterocycles. The number of benzene rings is 3. The molecule has 0 aliphatic rings. The van der Waals surface area contributed by atoms with Crippen molar-refractivity contribution in [3.63, 3.8) is 0 Å². The molecule has 144 valence electrons. The first-order valence-corrected chi connectivity index (χ1v) is 9.56. The molecule has 1 amide bonds. The average Bonchev–Trinajstić information content (AvgIpc) is 3.14. The van der Waals surface area contributed by atoms with Crippen LogP contribution < -0.4 is 10.6 Å². The summed E-state index contributed by atoms with van der Waals surface area (Å²) in [6.45, 7) is 3.98. The van der Waals surface area contributed by atoms with Crippen LogP contribution in [-0.4, -0.2) is 16.0 Å². The molecule has 0 fully saturated rings. The Balaban J connectivity index is 1.42. The molecule has 0 bridgehead atoms. The van der Waals surface area contributed by atoms with E-state index < -0.39 is 0 Å². The Kier molecular flexibility index (Phi) is 5.10. The van der Waals surface area contributed by atoms with Gasteiger partial charge in [0.1, 0.15) is 5.52 Å². The van der Waals surface area contributed by atoms with E-state index in [4.69, 9.17) is 16.6 Å². The summed E-state index contributed by atoms with van der Waals surface area (Å²) in [5.74, 6) is 0.317. The van der Waals surface area contributed by atoms with Crippen molar-refractivity contribution in [1.29, 1.82) is 0 Å². The quantitative estimate of drug-likeness (QED) is 0.460. The van der Waals surface area contributed by atoms with E-state index in [1.54, 1.807) is 6.07 Å². The number of para-hydroxylation sites is 2. The number of hydrogen-bond acceptors (Lipinski definition) is 4. The molecule has 2 N–H and O–H groups in total. The van der Waals surface area contributed by atoms with Gasteiger partial charge in [0, 0.05) is 16.8 Å². The smallest absolute Gasteiger partial charge is 0.257 e. The lowest BCUT2D eigenvalue weighted by atomic mass is 10.1. The summed E-state index contributed by atoms with van der Waals surface area (Å²) in [5.41, 5.74) is 5.96. The fourth-order valence-electron chi connectivity index (χ4n) is 2.91. The van der Waals surface area contributed by atoms with Crippen molar-refractivity contribution in [3.05, 3.63) is 83.4 Å². The van der Waals surface area contributed by atoms with Crippen molar-refractivity contribution < 1.29 is 9.21 Å². The maximum absolute atomic E-state index is 12.4. The van der Waals surface area contributed by atoms with Gasteiger partial charge in [0.15, 0.2) is 10.7 Å². The zero-order chi connectivity index (χ0) is 20.4. The summed E-state index contributed by atoms with van der Waals surface area (Å²) in [6, 6.07) is 20.7. The fourth-order valence-corrected chi connectivity index (χ4v) is 3.12. The first kappa shape index (κ1) is 18.8. The maximum atomic E-state index is 12.4. The predicted octanol–water partition coefficient (Wildman–Crippen LogP) is 5.24. The fraction of sp³-hybridized carbons (Fsp3) is 0.0870. The number of nitrogens with zero attached hydrogens (tertiary/aromatic N) is 1. The van der Waals surface area contributed by atoms with Gasteiger partial charge in [0.2, 0.25) is 5.89 Å². The minimum absolute atomic E-state index is 0.239. The number of carbonyl (C=O) groups excluding carboxylic acids is 1. The van der Waals surface area contributed by atoms with Crippen LogP contribution >= 0.6 is 12.2 Å². The molecule has 0 saturated heterocycles. The van der Waals surface area contributed by atoms with Crippen LogP contribution in [-0.2, 0) is 0 Å². The van der Waals surface area contributed by atoms with E-state index in [9.17, 15) is 4.79 Å². The standard InChI is InChI=1S/C23H19N3O2S/c1-14-7-8-17(13-15(14)2)21(27)26-23(29)24-18-11-9-16(10-12-18)22-25-19-5-3-4-6-20(19)28-22/h3-13H,1-2H3,(H2,24,26,27,29). The van der Waals surface area contributed by atoms with Crippen molar-refractivity contribution in [2.45, 2.75) is 13.8 Å². The number of amides is 1. The van der Waals surface area contributed by atoms with Gasteiger partial charge in [-0.2, -0.15) is 0 Å². The zero-order valence-electron chi connectivity index (χ0n) is 16.0. The maximum Gasteiger partial charge on any atom is 0.257 e. The highest BCUT2D eigenvalue weighted by molar-refractivity contribution is 7.80. The van der Waals surface area contributed by atoms with Crippen LogP contribution in [0, 0.1) is 13.8 Å². The molecule has 0 aliphatic carbocycles. The number of anilines is 1. The number of fused-ring (bicyclic) bond motifs is 1. The largest absolute Gasteiger partial charge is 0.436 e. The number of hydrogen-bond donors (Lipinski definition) is 2. The summed E-state index contributed by atoms with van der Waals surface area (Å²) < 4.78 is 5.78. The molecule has 6 heteroatoms. The highest BCUT2D eigenvalue weighted by Crippen LogP contribution is 2.25. The Hall–Kier alpha value is -3.51. The first-order valence-electron chi connectivity index (χ1n) is 9.15. The minimum atomic E-state index is -0.242. The summed E-state index contributed by atoms with van der Waals surface area (Å²) in [7, 11) is 0. The van der Waals surface area contributed by atoms with Crippen molar-refractivity contribution >= 4 is 40.0 Å². The number of carbonyl (C=O) groups is 1. The van der Waals surface area contributed by atoms with Crippen LogP contribution in [0.5, 0.6) is 0 Å². The molecule has 0 unspecified atom stereocenters. The third kappa shape index (κ3) is 4.17. The molecule has 1 heterocycles. The Labute approximate surface area is 173 Å². The third-order valence-corrected chi connectivity index (χ3v) is 4.88. The van der Waals surface area contributed by atoms with Gasteiger partial charge in [-0.25, -0.2) is 4.98 Å². The number of thiocarbonyl (C=S) groups is 1. The lowest BCUT2D eigenvalue weighted by Gasteiger charge is -2.10.